The molecule has 1 fully saturated rings. The lowest BCUT2D eigenvalue weighted by atomic mass is 10.1. The van der Waals surface area contributed by atoms with Crippen molar-refractivity contribution in [1.29, 1.82) is 0 Å². The predicted molar refractivity (Wildman–Crippen MR) is 151 cm³/mol. The second-order valence-electron chi connectivity index (χ2n) is 9.33. The van der Waals surface area contributed by atoms with E-state index < -0.39 is 15.8 Å². The van der Waals surface area contributed by atoms with Crippen molar-refractivity contribution in [3.63, 3.8) is 0 Å². The number of sulfone groups is 1. The minimum atomic E-state index is -3.29. The molecular weight excluding hydrogens is 558 g/mol. The van der Waals surface area contributed by atoms with Gasteiger partial charge in [-0.2, -0.15) is 9.97 Å². The summed E-state index contributed by atoms with van der Waals surface area (Å²) >= 11 is 0.998. The van der Waals surface area contributed by atoms with E-state index >= 15 is 0 Å². The van der Waals surface area contributed by atoms with Crippen LogP contribution in [0.5, 0.6) is 0 Å². The lowest BCUT2D eigenvalue weighted by Crippen LogP contribution is -2.45. The van der Waals surface area contributed by atoms with Crippen LogP contribution >= 0.6 is 11.3 Å². The first-order valence-electron chi connectivity index (χ1n) is 12.4. The van der Waals surface area contributed by atoms with Crippen LogP contribution in [0.25, 0.3) is 0 Å². The fourth-order valence-corrected chi connectivity index (χ4v) is 5.62. The van der Waals surface area contributed by atoms with E-state index in [0.717, 1.165) is 36.0 Å². The highest BCUT2D eigenvalue weighted by atomic mass is 32.2. The van der Waals surface area contributed by atoms with Crippen LogP contribution in [0.1, 0.15) is 33.8 Å². The second-order valence-corrected chi connectivity index (χ2v) is 12.3. The number of anilines is 4. The van der Waals surface area contributed by atoms with Crippen molar-refractivity contribution in [3.05, 3.63) is 46.5 Å². The largest absolute Gasteiger partial charge is 0.477 e. The molecule has 4 N–H and O–H groups in total. The molecule has 13 nitrogen and oxygen atoms in total. The maximum absolute atomic E-state index is 11.9. The van der Waals surface area contributed by atoms with Gasteiger partial charge in [0.2, 0.25) is 11.9 Å². The summed E-state index contributed by atoms with van der Waals surface area (Å²) in [5.41, 5.74) is 1.25. The van der Waals surface area contributed by atoms with E-state index in [9.17, 15) is 23.1 Å². The number of nitrogens with zero attached hydrogens (tertiary/aromatic N) is 4. The second kappa shape index (κ2) is 12.6. The molecule has 0 spiro atoms. The predicted octanol–water partition coefficient (Wildman–Crippen LogP) is 2.43. The number of nitrogens with one attached hydrogen (secondary N) is 3. The Bertz CT molecular complexity index is 1470. The van der Waals surface area contributed by atoms with Gasteiger partial charge in [-0.25, -0.2) is 18.2 Å². The van der Waals surface area contributed by atoms with Gasteiger partial charge in [0.1, 0.15) is 23.1 Å². The van der Waals surface area contributed by atoms with E-state index in [1.54, 1.807) is 31.2 Å². The normalized spacial score (nSPS) is 14.1. The van der Waals surface area contributed by atoms with Crippen molar-refractivity contribution in [1.82, 2.24) is 20.3 Å². The highest BCUT2D eigenvalue weighted by Crippen LogP contribution is 2.28. The molecule has 3 aromatic rings. The SMILES string of the molecule is COCC(=O)NC1CCN(c2cc(NCc3ccc(S(C)(=O)=O)cc3)nc(Nc3nc(C)c(C(=O)O)s3)n2)CC1. The summed E-state index contributed by atoms with van der Waals surface area (Å²) in [6, 6.07) is 8.45. The molecule has 2 aromatic heterocycles. The molecule has 0 unspecified atom stereocenters. The molecule has 0 saturated carbocycles. The summed E-state index contributed by atoms with van der Waals surface area (Å²) in [4.78, 5) is 39.3. The molecule has 1 saturated heterocycles. The first kappa shape index (κ1) is 29.2. The molecule has 214 valence electrons. The zero-order valence-electron chi connectivity index (χ0n) is 22.3. The Balaban J connectivity index is 1.52. The van der Waals surface area contributed by atoms with E-state index in [1.165, 1.54) is 7.11 Å². The van der Waals surface area contributed by atoms with Crippen LogP contribution in [-0.2, 0) is 25.9 Å². The van der Waals surface area contributed by atoms with Crippen molar-refractivity contribution < 1.29 is 27.9 Å². The number of hydrogen-bond acceptors (Lipinski definition) is 12. The lowest BCUT2D eigenvalue weighted by Gasteiger charge is -2.33. The highest BCUT2D eigenvalue weighted by Gasteiger charge is 2.23. The molecular formula is C25H31N7O6S2. The first-order valence-corrected chi connectivity index (χ1v) is 15.2. The molecule has 0 radical (unpaired) electrons. The molecule has 40 heavy (non-hydrogen) atoms. The van der Waals surface area contributed by atoms with Crippen LogP contribution in [0.4, 0.5) is 22.7 Å². The van der Waals surface area contributed by atoms with Gasteiger partial charge in [-0.1, -0.05) is 23.5 Å². The van der Waals surface area contributed by atoms with Crippen LogP contribution < -0.4 is 20.9 Å². The average Bonchev–Trinajstić information content (AvgIpc) is 3.27. The average molecular weight is 590 g/mol. The number of thiazole rings is 1. The maximum Gasteiger partial charge on any atom is 0.347 e. The third-order valence-electron chi connectivity index (χ3n) is 6.21. The van der Waals surface area contributed by atoms with Crippen LogP contribution in [0, 0.1) is 6.92 Å². The maximum atomic E-state index is 11.9. The molecule has 3 heterocycles. The zero-order chi connectivity index (χ0) is 28.9. The molecule has 15 heteroatoms. The summed E-state index contributed by atoms with van der Waals surface area (Å²) in [7, 11) is -1.81. The van der Waals surface area contributed by atoms with E-state index in [2.05, 4.69) is 35.8 Å². The number of hydrogen-bond donors (Lipinski definition) is 4. The van der Waals surface area contributed by atoms with Gasteiger partial charge in [0.25, 0.3) is 0 Å². The summed E-state index contributed by atoms with van der Waals surface area (Å²) < 4.78 is 28.4. The number of rotatable bonds is 11. The van der Waals surface area contributed by atoms with Gasteiger partial charge in [0, 0.05) is 45.1 Å². The topological polar surface area (TPSA) is 176 Å². The van der Waals surface area contributed by atoms with Crippen molar-refractivity contribution in [2.75, 3.05) is 48.6 Å². The Morgan fingerprint density at radius 2 is 1.85 bits per heavy atom. The van der Waals surface area contributed by atoms with E-state index in [1.807, 2.05) is 6.07 Å². The number of aromatic carboxylic acids is 1. The fraction of sp³-hybridized carbons (Fsp3) is 0.400. The van der Waals surface area contributed by atoms with Gasteiger partial charge in [-0.05, 0) is 37.5 Å². The number of benzene rings is 1. The number of carboxylic acid groups (broad SMARTS) is 1. The Kier molecular flexibility index (Phi) is 9.17. The van der Waals surface area contributed by atoms with E-state index in [-0.39, 0.29) is 34.3 Å². The number of carbonyl (C=O) groups excluding carboxylic acids is 1. The molecule has 1 aliphatic rings. The van der Waals surface area contributed by atoms with Crippen LogP contribution in [0.3, 0.4) is 0 Å². The number of carbonyl (C=O) groups is 2. The number of methoxy groups -OCH3 is 1. The number of aromatic nitrogens is 3. The zero-order valence-corrected chi connectivity index (χ0v) is 23.9. The van der Waals surface area contributed by atoms with Crippen LogP contribution in [0.15, 0.2) is 35.2 Å². The minimum Gasteiger partial charge on any atom is -0.477 e. The molecule has 1 aliphatic heterocycles. The Morgan fingerprint density at radius 3 is 2.45 bits per heavy atom. The van der Waals surface area contributed by atoms with E-state index in [0.29, 0.717) is 42.1 Å². The van der Waals surface area contributed by atoms with E-state index in [4.69, 9.17) is 4.74 Å². The van der Waals surface area contributed by atoms with Crippen molar-refractivity contribution in [3.8, 4) is 0 Å². The van der Waals surface area contributed by atoms with Gasteiger partial charge >= 0.3 is 5.97 Å². The molecule has 1 aromatic carbocycles. The smallest absolute Gasteiger partial charge is 0.347 e. The monoisotopic (exact) mass is 589 g/mol. The molecule has 4 rings (SSSR count). The quantitative estimate of drug-likeness (QED) is 0.257. The fourth-order valence-electron chi connectivity index (χ4n) is 4.19. The lowest BCUT2D eigenvalue weighted by molar-refractivity contribution is -0.125. The molecule has 1 amide bonds. The standard InChI is InChI=1S/C25H31N7O6S2/c1-15-22(23(34)35)39-25(27-15)31-24-29-19(26-13-16-4-6-18(7-5-16)40(3,36)37)12-20(30-24)32-10-8-17(9-11-32)28-21(33)14-38-2/h4-7,12,17H,8-11,13-14H2,1-3H3,(H,28,33)(H,34,35)(H2,26,27,29,30,31). The van der Waals surface area contributed by atoms with Gasteiger partial charge in [0.15, 0.2) is 15.0 Å². The Labute approximate surface area is 235 Å². The third kappa shape index (κ3) is 7.64. The number of piperidine rings is 1. The van der Waals surface area contributed by atoms with Gasteiger partial charge in [-0.3, -0.25) is 10.1 Å². The van der Waals surface area contributed by atoms with Crippen LogP contribution in [0.2, 0.25) is 0 Å². The number of aryl methyl sites for hydroxylation is 1. The Morgan fingerprint density at radius 1 is 1.15 bits per heavy atom. The summed E-state index contributed by atoms with van der Waals surface area (Å²) in [6.07, 6.45) is 2.62. The number of amides is 1. The highest BCUT2D eigenvalue weighted by molar-refractivity contribution is 7.90. The van der Waals surface area contributed by atoms with Crippen molar-refractivity contribution in [2.24, 2.45) is 0 Å². The first-order chi connectivity index (χ1) is 19.0. The van der Waals surface area contributed by atoms with Gasteiger partial charge in [-0.15, -0.1) is 0 Å². The Hall–Kier alpha value is -3.82. The summed E-state index contributed by atoms with van der Waals surface area (Å²) in [5.74, 6) is 0.212. The van der Waals surface area contributed by atoms with Crippen LogP contribution in [-0.4, -0.2) is 79.5 Å². The summed E-state index contributed by atoms with van der Waals surface area (Å²) in [5, 5.41) is 19.0. The van der Waals surface area contributed by atoms with Crippen molar-refractivity contribution in [2.45, 2.75) is 37.2 Å². The summed E-state index contributed by atoms with van der Waals surface area (Å²) in [6.45, 7) is 3.33. The molecule has 0 atom stereocenters. The number of carboxylic acids is 1. The third-order valence-corrected chi connectivity index (χ3v) is 8.40. The molecule has 0 bridgehead atoms. The number of ether oxygens (including phenoxy) is 1. The van der Waals surface area contributed by atoms with Gasteiger partial charge in [0.05, 0.1) is 10.6 Å². The minimum absolute atomic E-state index is 0.0208. The molecule has 0 aliphatic carbocycles. The van der Waals surface area contributed by atoms with Gasteiger partial charge < -0.3 is 25.4 Å². The van der Waals surface area contributed by atoms with Crippen molar-refractivity contribution >= 4 is 55.8 Å².